The Morgan fingerprint density at radius 2 is 2.05 bits per heavy atom. The monoisotopic (exact) mass is 340 g/mol. The van der Waals surface area contributed by atoms with Gasteiger partial charge in [0.25, 0.3) is 0 Å². The molecule has 0 spiro atoms. The highest BCUT2D eigenvalue weighted by atomic mass is 79.9. The average Bonchev–Trinajstić information content (AvgIpc) is 2.79. The van der Waals surface area contributed by atoms with Gasteiger partial charge in [0.05, 0.1) is 23.3 Å². The third-order valence-electron chi connectivity index (χ3n) is 3.39. The minimum atomic E-state index is -0.268. The maximum atomic E-state index is 13.3. The van der Waals surface area contributed by atoms with E-state index in [0.29, 0.717) is 11.0 Å². The van der Waals surface area contributed by atoms with E-state index in [2.05, 4.69) is 21.0 Å². The molecule has 0 unspecified atom stereocenters. The van der Waals surface area contributed by atoms with Crippen LogP contribution < -0.4 is 0 Å². The highest BCUT2D eigenvalue weighted by Crippen LogP contribution is 2.20. The van der Waals surface area contributed by atoms with E-state index in [1.54, 1.807) is 12.1 Å². The van der Waals surface area contributed by atoms with Gasteiger partial charge in [-0.3, -0.25) is 4.68 Å². The molecule has 3 nitrogen and oxygen atoms in total. The molecule has 1 aromatic carbocycles. The maximum absolute atomic E-state index is 13.3. The van der Waals surface area contributed by atoms with Crippen molar-refractivity contribution < 1.29 is 9.50 Å². The molecule has 0 aliphatic heterocycles. The molecule has 5 heteroatoms. The SMILES string of the molecule is CCc1nn(Cc2ccc(F)c(Br)c2)c(CC)c1CO. The molecule has 0 aliphatic carbocycles. The molecule has 20 heavy (non-hydrogen) atoms. The summed E-state index contributed by atoms with van der Waals surface area (Å²) in [5.41, 5.74) is 3.88. The van der Waals surface area contributed by atoms with Crippen LogP contribution in [-0.4, -0.2) is 14.9 Å². The normalized spacial score (nSPS) is 11.1. The van der Waals surface area contributed by atoms with Crippen LogP contribution in [0.3, 0.4) is 0 Å². The van der Waals surface area contributed by atoms with Crippen LogP contribution in [0.5, 0.6) is 0 Å². The molecule has 1 N–H and O–H groups in total. The third-order valence-corrected chi connectivity index (χ3v) is 4.00. The van der Waals surface area contributed by atoms with Gasteiger partial charge in [0, 0.05) is 11.3 Å². The zero-order valence-electron chi connectivity index (χ0n) is 11.7. The lowest BCUT2D eigenvalue weighted by Gasteiger charge is -2.08. The van der Waals surface area contributed by atoms with Gasteiger partial charge in [0.15, 0.2) is 0 Å². The second-order valence-electron chi connectivity index (χ2n) is 4.64. The Morgan fingerprint density at radius 3 is 2.60 bits per heavy atom. The quantitative estimate of drug-likeness (QED) is 0.905. The van der Waals surface area contributed by atoms with Gasteiger partial charge in [0.1, 0.15) is 5.82 Å². The van der Waals surface area contributed by atoms with E-state index in [1.807, 2.05) is 18.5 Å². The van der Waals surface area contributed by atoms with Crippen LogP contribution in [0.15, 0.2) is 22.7 Å². The topological polar surface area (TPSA) is 38.0 Å². The highest BCUT2D eigenvalue weighted by molar-refractivity contribution is 9.10. The zero-order chi connectivity index (χ0) is 14.7. The fourth-order valence-electron chi connectivity index (χ4n) is 2.39. The summed E-state index contributed by atoms with van der Waals surface area (Å²) in [7, 11) is 0. The Labute approximate surface area is 126 Å². The molecule has 108 valence electrons. The number of aliphatic hydroxyl groups excluding tert-OH is 1. The fourth-order valence-corrected chi connectivity index (χ4v) is 2.82. The van der Waals surface area contributed by atoms with Crippen LogP contribution in [0, 0.1) is 5.82 Å². The summed E-state index contributed by atoms with van der Waals surface area (Å²) in [5.74, 6) is -0.268. The molecule has 2 rings (SSSR count). The minimum Gasteiger partial charge on any atom is -0.392 e. The Kier molecular flexibility index (Phi) is 4.94. The van der Waals surface area contributed by atoms with Crippen LogP contribution in [0.1, 0.15) is 36.4 Å². The van der Waals surface area contributed by atoms with Crippen LogP contribution in [0.4, 0.5) is 4.39 Å². The number of aryl methyl sites for hydroxylation is 1. The number of hydrogen-bond donors (Lipinski definition) is 1. The van der Waals surface area contributed by atoms with E-state index >= 15 is 0 Å². The molecule has 0 saturated carbocycles. The van der Waals surface area contributed by atoms with Gasteiger partial charge in [-0.2, -0.15) is 5.10 Å². The smallest absolute Gasteiger partial charge is 0.137 e. The second kappa shape index (κ2) is 6.50. The first kappa shape index (κ1) is 15.2. The lowest BCUT2D eigenvalue weighted by atomic mass is 10.1. The first-order chi connectivity index (χ1) is 9.60. The summed E-state index contributed by atoms with van der Waals surface area (Å²) in [6.07, 6.45) is 1.61. The first-order valence-electron chi connectivity index (χ1n) is 6.72. The van der Waals surface area contributed by atoms with Crippen molar-refractivity contribution in [1.82, 2.24) is 9.78 Å². The lowest BCUT2D eigenvalue weighted by Crippen LogP contribution is -2.07. The van der Waals surface area contributed by atoms with Crippen molar-refractivity contribution in [2.75, 3.05) is 0 Å². The number of hydrogen-bond acceptors (Lipinski definition) is 2. The lowest BCUT2D eigenvalue weighted by molar-refractivity contribution is 0.279. The molecular formula is C15H18BrFN2O. The fraction of sp³-hybridized carbons (Fsp3) is 0.400. The van der Waals surface area contributed by atoms with Gasteiger partial charge < -0.3 is 5.11 Å². The van der Waals surface area contributed by atoms with Crippen molar-refractivity contribution in [3.63, 3.8) is 0 Å². The van der Waals surface area contributed by atoms with Gasteiger partial charge in [-0.15, -0.1) is 0 Å². The van der Waals surface area contributed by atoms with Gasteiger partial charge >= 0.3 is 0 Å². The first-order valence-corrected chi connectivity index (χ1v) is 7.52. The Morgan fingerprint density at radius 1 is 1.30 bits per heavy atom. The summed E-state index contributed by atoms with van der Waals surface area (Å²) < 4.78 is 15.6. The number of aromatic nitrogens is 2. The predicted molar refractivity (Wildman–Crippen MR) is 80.1 cm³/mol. The molecular weight excluding hydrogens is 323 g/mol. The number of aliphatic hydroxyl groups is 1. The second-order valence-corrected chi connectivity index (χ2v) is 5.50. The van der Waals surface area contributed by atoms with Crippen molar-refractivity contribution >= 4 is 15.9 Å². The van der Waals surface area contributed by atoms with Crippen LogP contribution in [0.25, 0.3) is 0 Å². The highest BCUT2D eigenvalue weighted by Gasteiger charge is 2.15. The summed E-state index contributed by atoms with van der Waals surface area (Å²) >= 11 is 3.20. The van der Waals surface area contributed by atoms with Crippen LogP contribution in [0.2, 0.25) is 0 Å². The van der Waals surface area contributed by atoms with Gasteiger partial charge in [0.2, 0.25) is 0 Å². The Bertz CT molecular complexity index is 610. The molecule has 0 aliphatic rings. The van der Waals surface area contributed by atoms with Crippen molar-refractivity contribution in [2.24, 2.45) is 0 Å². The molecule has 1 aromatic heterocycles. The van der Waals surface area contributed by atoms with Gasteiger partial charge in [-0.25, -0.2) is 4.39 Å². The maximum Gasteiger partial charge on any atom is 0.137 e. The standard InChI is InChI=1S/C15H18BrFN2O/c1-3-14-11(9-20)15(4-2)19(18-14)8-10-5-6-13(17)12(16)7-10/h5-7,20H,3-4,8-9H2,1-2H3. The Balaban J connectivity index is 2.37. The van der Waals surface area contributed by atoms with Crippen LogP contribution in [-0.2, 0) is 26.0 Å². The molecule has 2 aromatic rings. The molecule has 0 bridgehead atoms. The summed E-state index contributed by atoms with van der Waals surface area (Å²) in [5, 5.41) is 14.1. The van der Waals surface area contributed by atoms with E-state index in [1.165, 1.54) is 6.07 Å². The molecule has 0 atom stereocenters. The van der Waals surface area contributed by atoms with Crippen LogP contribution >= 0.6 is 15.9 Å². The van der Waals surface area contributed by atoms with E-state index in [-0.39, 0.29) is 12.4 Å². The largest absolute Gasteiger partial charge is 0.392 e. The summed E-state index contributed by atoms with van der Waals surface area (Å²) in [6, 6.07) is 4.97. The van der Waals surface area contributed by atoms with Crippen molar-refractivity contribution in [2.45, 2.75) is 39.8 Å². The average molecular weight is 341 g/mol. The third kappa shape index (κ3) is 2.94. The predicted octanol–water partition coefficient (Wildman–Crippen LogP) is 3.45. The molecule has 0 fully saturated rings. The van der Waals surface area contributed by atoms with E-state index in [0.717, 1.165) is 35.4 Å². The number of halogens is 2. The number of rotatable bonds is 5. The van der Waals surface area contributed by atoms with E-state index in [9.17, 15) is 9.50 Å². The Hall–Kier alpha value is -1.20. The molecule has 0 saturated heterocycles. The van der Waals surface area contributed by atoms with Crippen molar-refractivity contribution in [3.05, 3.63) is 51.0 Å². The summed E-state index contributed by atoms with van der Waals surface area (Å²) in [4.78, 5) is 0. The van der Waals surface area contributed by atoms with Crippen molar-refractivity contribution in [3.8, 4) is 0 Å². The minimum absolute atomic E-state index is 0.0134. The number of benzene rings is 1. The van der Waals surface area contributed by atoms with Gasteiger partial charge in [-0.05, 0) is 46.5 Å². The molecule has 1 heterocycles. The van der Waals surface area contributed by atoms with E-state index in [4.69, 9.17) is 0 Å². The zero-order valence-corrected chi connectivity index (χ0v) is 13.2. The number of nitrogens with zero attached hydrogens (tertiary/aromatic N) is 2. The van der Waals surface area contributed by atoms with E-state index < -0.39 is 0 Å². The summed E-state index contributed by atoms with van der Waals surface area (Å²) in [6.45, 7) is 4.67. The molecule has 0 amide bonds. The molecule has 0 radical (unpaired) electrons. The van der Waals surface area contributed by atoms with Gasteiger partial charge in [-0.1, -0.05) is 19.9 Å². The van der Waals surface area contributed by atoms with Crippen molar-refractivity contribution in [1.29, 1.82) is 0 Å².